The first-order chi connectivity index (χ1) is 14.1. The van der Waals surface area contributed by atoms with Gasteiger partial charge in [-0.15, -0.1) is 0 Å². The Balaban J connectivity index is 1.84. The van der Waals surface area contributed by atoms with E-state index in [0.717, 1.165) is 0 Å². The predicted molar refractivity (Wildman–Crippen MR) is 115 cm³/mol. The van der Waals surface area contributed by atoms with Gasteiger partial charge in [0.05, 0.1) is 5.02 Å². The largest absolute Gasteiger partial charge is 0.354 e. The Labute approximate surface area is 179 Å². The van der Waals surface area contributed by atoms with Crippen LogP contribution in [0.4, 0.5) is 10.2 Å². The summed E-state index contributed by atoms with van der Waals surface area (Å²) >= 11 is 5.79. The molecule has 3 rings (SSSR count). The van der Waals surface area contributed by atoms with Gasteiger partial charge in [0.15, 0.2) is 0 Å². The lowest BCUT2D eigenvalue weighted by molar-refractivity contribution is 0.0746. The van der Waals surface area contributed by atoms with Gasteiger partial charge in [-0.3, -0.25) is 18.7 Å². The lowest BCUT2D eigenvalue weighted by atomic mass is 10.1. The number of piperazine rings is 1. The van der Waals surface area contributed by atoms with Crippen LogP contribution in [-0.2, 0) is 0 Å². The molecule has 0 N–H and O–H groups in total. The van der Waals surface area contributed by atoms with E-state index in [2.05, 4.69) is 0 Å². The Morgan fingerprint density at radius 1 is 0.967 bits per heavy atom. The molecule has 30 heavy (non-hydrogen) atoms. The second-order valence-corrected chi connectivity index (χ2v) is 8.37. The van der Waals surface area contributed by atoms with Crippen molar-refractivity contribution in [3.8, 4) is 0 Å². The van der Waals surface area contributed by atoms with Crippen LogP contribution >= 0.6 is 11.6 Å². The maximum absolute atomic E-state index is 13.4. The molecule has 0 aliphatic carbocycles. The van der Waals surface area contributed by atoms with Gasteiger partial charge in [-0.05, 0) is 45.9 Å². The topological polar surface area (TPSA) is 67.5 Å². The summed E-state index contributed by atoms with van der Waals surface area (Å²) in [6, 6.07) is 5.06. The molecular formula is C21H26ClFN4O3. The highest BCUT2D eigenvalue weighted by Crippen LogP contribution is 2.21. The second-order valence-electron chi connectivity index (χ2n) is 7.96. The fraction of sp³-hybridized carbons (Fsp3) is 0.476. The van der Waals surface area contributed by atoms with E-state index in [4.69, 9.17) is 11.6 Å². The van der Waals surface area contributed by atoms with Crippen LogP contribution in [0.15, 0.2) is 33.9 Å². The summed E-state index contributed by atoms with van der Waals surface area (Å²) in [6.07, 6.45) is 0. The third kappa shape index (κ3) is 4.14. The predicted octanol–water partition coefficient (Wildman–Crippen LogP) is 2.93. The van der Waals surface area contributed by atoms with E-state index in [1.165, 1.54) is 28.8 Å². The number of carbonyl (C=O) groups is 1. The molecule has 0 saturated carbocycles. The van der Waals surface area contributed by atoms with E-state index in [-0.39, 0.29) is 34.3 Å². The van der Waals surface area contributed by atoms with Crippen LogP contribution in [0, 0.1) is 5.82 Å². The van der Waals surface area contributed by atoms with Gasteiger partial charge in [-0.1, -0.05) is 11.6 Å². The average Bonchev–Trinajstić information content (AvgIpc) is 2.68. The van der Waals surface area contributed by atoms with Crippen LogP contribution in [0.3, 0.4) is 0 Å². The summed E-state index contributed by atoms with van der Waals surface area (Å²) in [6.45, 7) is 9.17. The maximum atomic E-state index is 13.4. The average molecular weight is 437 g/mol. The van der Waals surface area contributed by atoms with Gasteiger partial charge in [0.2, 0.25) is 0 Å². The third-order valence-corrected chi connectivity index (χ3v) is 5.53. The zero-order valence-electron chi connectivity index (χ0n) is 17.6. The number of carbonyl (C=O) groups excluding carboxylic acids is 1. The number of halogens is 2. The second kappa shape index (κ2) is 8.63. The monoisotopic (exact) mass is 436 g/mol. The van der Waals surface area contributed by atoms with Crippen molar-refractivity contribution in [2.45, 2.75) is 39.8 Å². The number of anilines is 1. The summed E-state index contributed by atoms with van der Waals surface area (Å²) < 4.78 is 16.2. The normalized spacial score (nSPS) is 14.7. The smallest absolute Gasteiger partial charge is 0.333 e. The van der Waals surface area contributed by atoms with Crippen LogP contribution < -0.4 is 16.1 Å². The molecule has 0 spiro atoms. The van der Waals surface area contributed by atoms with E-state index in [1.54, 1.807) is 23.3 Å². The lowest BCUT2D eigenvalue weighted by Gasteiger charge is -2.37. The number of rotatable bonds is 4. The first-order valence-electron chi connectivity index (χ1n) is 9.99. The van der Waals surface area contributed by atoms with Gasteiger partial charge in [0, 0.05) is 49.9 Å². The van der Waals surface area contributed by atoms with Crippen LogP contribution in [0.2, 0.25) is 5.02 Å². The molecule has 1 aliphatic heterocycles. The summed E-state index contributed by atoms with van der Waals surface area (Å²) in [5, 5.41) is -0.0915. The standard InChI is InChI=1S/C21H26ClFN4O3/c1-13(2)26-18(12-19(28)27(14(3)4)21(26)30)24-7-9-25(10-8-24)20(29)15-5-6-17(23)16(22)11-15/h5-6,11-14H,7-10H2,1-4H3. The van der Waals surface area contributed by atoms with Gasteiger partial charge < -0.3 is 9.80 Å². The summed E-state index contributed by atoms with van der Waals surface area (Å²) in [7, 11) is 0. The van der Waals surface area contributed by atoms with Gasteiger partial charge in [0.25, 0.3) is 11.5 Å². The molecule has 1 saturated heterocycles. The Kier molecular flexibility index (Phi) is 6.36. The molecule has 1 aromatic carbocycles. The molecular weight excluding hydrogens is 411 g/mol. The number of benzene rings is 1. The zero-order valence-corrected chi connectivity index (χ0v) is 18.3. The molecule has 2 aromatic rings. The van der Waals surface area contributed by atoms with Crippen molar-refractivity contribution in [2.75, 3.05) is 31.1 Å². The van der Waals surface area contributed by atoms with Crippen molar-refractivity contribution >= 4 is 23.3 Å². The first kappa shape index (κ1) is 22.1. The Bertz CT molecular complexity index is 1070. The molecule has 1 aromatic heterocycles. The van der Waals surface area contributed by atoms with Crippen LogP contribution in [0.25, 0.3) is 0 Å². The molecule has 9 heteroatoms. The number of amides is 1. The molecule has 1 aliphatic rings. The molecule has 2 heterocycles. The highest BCUT2D eigenvalue weighted by molar-refractivity contribution is 6.31. The minimum atomic E-state index is -0.569. The number of hydrogen-bond donors (Lipinski definition) is 0. The molecule has 1 amide bonds. The number of hydrogen-bond acceptors (Lipinski definition) is 4. The Hall–Kier alpha value is -2.61. The molecule has 0 atom stereocenters. The first-order valence-corrected chi connectivity index (χ1v) is 10.4. The Morgan fingerprint density at radius 2 is 1.57 bits per heavy atom. The van der Waals surface area contributed by atoms with Crippen molar-refractivity contribution < 1.29 is 9.18 Å². The van der Waals surface area contributed by atoms with Gasteiger partial charge in [0.1, 0.15) is 11.6 Å². The SMILES string of the molecule is CC(C)n1c(N2CCN(C(=O)c3ccc(F)c(Cl)c3)CC2)cc(=O)n(C(C)C)c1=O. The highest BCUT2D eigenvalue weighted by atomic mass is 35.5. The molecule has 0 bridgehead atoms. The highest BCUT2D eigenvalue weighted by Gasteiger charge is 2.26. The van der Waals surface area contributed by atoms with E-state index in [0.29, 0.717) is 37.6 Å². The van der Waals surface area contributed by atoms with Crippen molar-refractivity contribution in [1.82, 2.24) is 14.0 Å². The molecule has 0 radical (unpaired) electrons. The molecule has 162 valence electrons. The molecule has 0 unspecified atom stereocenters. The van der Waals surface area contributed by atoms with Gasteiger partial charge in [-0.2, -0.15) is 0 Å². The van der Waals surface area contributed by atoms with E-state index >= 15 is 0 Å². The minimum Gasteiger partial charge on any atom is -0.354 e. The van der Waals surface area contributed by atoms with Crippen molar-refractivity contribution in [3.63, 3.8) is 0 Å². The van der Waals surface area contributed by atoms with Crippen molar-refractivity contribution in [1.29, 1.82) is 0 Å². The fourth-order valence-corrected chi connectivity index (χ4v) is 3.89. The lowest BCUT2D eigenvalue weighted by Crippen LogP contribution is -2.51. The maximum Gasteiger partial charge on any atom is 0.333 e. The van der Waals surface area contributed by atoms with Crippen LogP contribution in [-0.4, -0.2) is 46.1 Å². The van der Waals surface area contributed by atoms with Crippen LogP contribution in [0.1, 0.15) is 50.1 Å². The zero-order chi connectivity index (χ0) is 22.2. The van der Waals surface area contributed by atoms with Crippen molar-refractivity contribution in [3.05, 3.63) is 61.5 Å². The van der Waals surface area contributed by atoms with Gasteiger partial charge in [-0.25, -0.2) is 9.18 Å². The Morgan fingerprint density at radius 3 is 2.10 bits per heavy atom. The fourth-order valence-electron chi connectivity index (χ4n) is 3.71. The molecule has 7 nitrogen and oxygen atoms in total. The van der Waals surface area contributed by atoms with E-state index < -0.39 is 5.82 Å². The van der Waals surface area contributed by atoms with Gasteiger partial charge >= 0.3 is 5.69 Å². The summed E-state index contributed by atoms with van der Waals surface area (Å²) in [5.74, 6) is -0.234. The number of aromatic nitrogens is 2. The summed E-state index contributed by atoms with van der Waals surface area (Å²) in [5.41, 5.74) is -0.336. The summed E-state index contributed by atoms with van der Waals surface area (Å²) in [4.78, 5) is 41.8. The van der Waals surface area contributed by atoms with Crippen LogP contribution in [0.5, 0.6) is 0 Å². The van der Waals surface area contributed by atoms with Crippen molar-refractivity contribution in [2.24, 2.45) is 0 Å². The quantitative estimate of drug-likeness (QED) is 0.739. The van der Waals surface area contributed by atoms with E-state index in [1.807, 2.05) is 18.7 Å². The third-order valence-electron chi connectivity index (χ3n) is 5.24. The molecule has 1 fully saturated rings. The van der Waals surface area contributed by atoms with E-state index in [9.17, 15) is 18.8 Å². The minimum absolute atomic E-state index is 0.0915. The number of nitrogens with zero attached hydrogens (tertiary/aromatic N) is 4.